The summed E-state index contributed by atoms with van der Waals surface area (Å²) in [5.74, 6) is 0.584. The van der Waals surface area contributed by atoms with E-state index in [-0.39, 0.29) is 5.78 Å². The molecule has 0 fully saturated rings. The molecule has 0 N–H and O–H groups in total. The normalized spacial score (nSPS) is 10.8. The van der Waals surface area contributed by atoms with Gasteiger partial charge in [0.15, 0.2) is 9.55 Å². The van der Waals surface area contributed by atoms with Crippen molar-refractivity contribution in [2.24, 2.45) is 0 Å². The molecule has 0 amide bonds. The zero-order valence-corrected chi connectivity index (χ0v) is 10.4. The summed E-state index contributed by atoms with van der Waals surface area (Å²) in [5.41, 5.74) is 0.569. The second-order valence-electron chi connectivity index (χ2n) is 3.08. The third kappa shape index (κ3) is 2.79. The van der Waals surface area contributed by atoms with Crippen LogP contribution in [0, 0.1) is 3.77 Å². The average Bonchev–Trinajstić information content (AvgIpc) is 2.73. The van der Waals surface area contributed by atoms with Gasteiger partial charge in [0.2, 0.25) is 0 Å². The molecule has 0 radical (unpaired) electrons. The molecular formula is C12H8INO2. The van der Waals surface area contributed by atoms with E-state index in [1.165, 1.54) is 6.08 Å². The number of ketones is 1. The third-order valence-electron chi connectivity index (χ3n) is 1.94. The number of rotatable bonds is 3. The maximum absolute atomic E-state index is 11.7. The van der Waals surface area contributed by atoms with Crippen LogP contribution < -0.4 is 0 Å². The highest BCUT2D eigenvalue weighted by Crippen LogP contribution is 2.12. The molecule has 2 heterocycles. The van der Waals surface area contributed by atoms with Crippen LogP contribution >= 0.6 is 22.6 Å². The molecule has 0 bridgehead atoms. The number of furan rings is 1. The first-order valence-electron chi connectivity index (χ1n) is 4.63. The van der Waals surface area contributed by atoms with Gasteiger partial charge < -0.3 is 4.42 Å². The van der Waals surface area contributed by atoms with Crippen molar-refractivity contribution in [1.82, 2.24) is 4.98 Å². The summed E-state index contributed by atoms with van der Waals surface area (Å²) < 4.78 is 6.10. The van der Waals surface area contributed by atoms with E-state index in [2.05, 4.69) is 27.6 Å². The van der Waals surface area contributed by atoms with Gasteiger partial charge in [0.05, 0.1) is 0 Å². The Morgan fingerprint density at radius 2 is 2.25 bits per heavy atom. The lowest BCUT2D eigenvalue weighted by atomic mass is 10.2. The van der Waals surface area contributed by atoms with Gasteiger partial charge in [-0.05, 0) is 59.0 Å². The Morgan fingerprint density at radius 1 is 1.38 bits per heavy atom. The predicted molar refractivity (Wildman–Crippen MR) is 69.0 cm³/mol. The van der Waals surface area contributed by atoms with E-state index in [0.29, 0.717) is 11.3 Å². The van der Waals surface area contributed by atoms with Gasteiger partial charge in [-0.25, -0.2) is 0 Å². The van der Waals surface area contributed by atoms with Crippen molar-refractivity contribution < 1.29 is 9.21 Å². The first kappa shape index (κ1) is 11.1. The fourth-order valence-corrected chi connectivity index (χ4v) is 1.61. The summed E-state index contributed by atoms with van der Waals surface area (Å²) in [4.78, 5) is 15.5. The Labute approximate surface area is 106 Å². The number of nitrogens with zero attached hydrogens (tertiary/aromatic N) is 1. The van der Waals surface area contributed by atoms with E-state index in [0.717, 1.165) is 3.77 Å². The zero-order valence-electron chi connectivity index (χ0n) is 8.26. The maximum atomic E-state index is 11.7. The van der Waals surface area contributed by atoms with Crippen molar-refractivity contribution >= 4 is 34.5 Å². The molecule has 3 nitrogen and oxygen atoms in total. The number of pyridine rings is 1. The Bertz CT molecular complexity index is 517. The smallest absolute Gasteiger partial charge is 0.187 e. The summed E-state index contributed by atoms with van der Waals surface area (Å²) in [7, 11) is 0. The van der Waals surface area contributed by atoms with Crippen LogP contribution in [-0.4, -0.2) is 10.8 Å². The first-order chi connectivity index (χ1) is 7.75. The number of carbonyl (C=O) groups is 1. The average molecular weight is 325 g/mol. The molecule has 16 heavy (non-hydrogen) atoms. The van der Waals surface area contributed by atoms with Crippen molar-refractivity contribution in [3.05, 3.63) is 57.8 Å². The molecule has 2 aromatic heterocycles. The molecule has 2 aromatic rings. The van der Waals surface area contributed by atoms with Crippen LogP contribution in [0.4, 0.5) is 0 Å². The summed E-state index contributed by atoms with van der Waals surface area (Å²) in [6, 6.07) is 7.12. The van der Waals surface area contributed by atoms with E-state index in [4.69, 9.17) is 4.42 Å². The van der Waals surface area contributed by atoms with Crippen LogP contribution in [0.5, 0.6) is 0 Å². The fourth-order valence-electron chi connectivity index (χ4n) is 1.18. The minimum atomic E-state index is -0.0838. The zero-order chi connectivity index (χ0) is 11.4. The SMILES string of the molecule is O=C(C=Cc1ccc(I)o1)c1cccnc1. The number of hydrogen-bond acceptors (Lipinski definition) is 3. The molecule has 0 aliphatic rings. The number of hydrogen-bond donors (Lipinski definition) is 0. The molecule has 0 atom stereocenters. The summed E-state index contributed by atoms with van der Waals surface area (Å²) >= 11 is 2.07. The second kappa shape index (κ2) is 5.07. The lowest BCUT2D eigenvalue weighted by Crippen LogP contribution is -1.93. The van der Waals surface area contributed by atoms with Gasteiger partial charge in [0.1, 0.15) is 5.76 Å². The molecule has 4 heteroatoms. The largest absolute Gasteiger partial charge is 0.451 e. The molecule has 0 aliphatic heterocycles. The summed E-state index contributed by atoms with van der Waals surface area (Å²) in [6.07, 6.45) is 6.30. The highest BCUT2D eigenvalue weighted by atomic mass is 127. The Balaban J connectivity index is 2.11. The lowest BCUT2D eigenvalue weighted by Gasteiger charge is -1.92. The fraction of sp³-hybridized carbons (Fsp3) is 0. The quantitative estimate of drug-likeness (QED) is 0.495. The standard InChI is InChI=1S/C12H8INO2/c13-12-6-4-10(16-12)3-5-11(15)9-2-1-7-14-8-9/h1-8H. The predicted octanol–water partition coefficient (Wildman–Crippen LogP) is 3.18. The van der Waals surface area contributed by atoms with Crippen LogP contribution in [0.25, 0.3) is 6.08 Å². The van der Waals surface area contributed by atoms with Gasteiger partial charge in [0, 0.05) is 18.0 Å². The second-order valence-corrected chi connectivity index (χ2v) is 4.14. The number of allylic oxidation sites excluding steroid dienone is 1. The monoisotopic (exact) mass is 325 g/mol. The molecule has 80 valence electrons. The minimum absolute atomic E-state index is 0.0838. The van der Waals surface area contributed by atoms with E-state index < -0.39 is 0 Å². The molecule has 0 saturated heterocycles. The first-order valence-corrected chi connectivity index (χ1v) is 5.71. The highest BCUT2D eigenvalue weighted by molar-refractivity contribution is 14.1. The van der Waals surface area contributed by atoms with Gasteiger partial charge >= 0.3 is 0 Å². The van der Waals surface area contributed by atoms with Gasteiger partial charge in [0.25, 0.3) is 0 Å². The Morgan fingerprint density at radius 3 is 2.88 bits per heavy atom. The van der Waals surface area contributed by atoms with Crippen LogP contribution in [0.2, 0.25) is 0 Å². The molecule has 0 aliphatic carbocycles. The minimum Gasteiger partial charge on any atom is -0.451 e. The molecule has 0 unspecified atom stereocenters. The molecular weight excluding hydrogens is 317 g/mol. The van der Waals surface area contributed by atoms with Gasteiger partial charge in [-0.3, -0.25) is 9.78 Å². The number of halogens is 1. The summed E-state index contributed by atoms with van der Waals surface area (Å²) in [6.45, 7) is 0. The van der Waals surface area contributed by atoms with Crippen molar-refractivity contribution in [1.29, 1.82) is 0 Å². The molecule has 2 rings (SSSR count). The van der Waals surface area contributed by atoms with Crippen LogP contribution in [0.15, 0.2) is 47.2 Å². The summed E-state index contributed by atoms with van der Waals surface area (Å²) in [5, 5.41) is 0. The van der Waals surface area contributed by atoms with Crippen LogP contribution in [-0.2, 0) is 0 Å². The van der Waals surface area contributed by atoms with E-state index >= 15 is 0 Å². The molecule has 0 aromatic carbocycles. The number of carbonyl (C=O) groups excluding carboxylic acids is 1. The maximum Gasteiger partial charge on any atom is 0.187 e. The Hall–Kier alpha value is -1.43. The Kier molecular flexibility index (Phi) is 3.51. The van der Waals surface area contributed by atoms with Gasteiger partial charge in [-0.1, -0.05) is 0 Å². The van der Waals surface area contributed by atoms with Gasteiger partial charge in [-0.2, -0.15) is 0 Å². The van der Waals surface area contributed by atoms with Crippen LogP contribution in [0.1, 0.15) is 16.1 Å². The van der Waals surface area contributed by atoms with Crippen LogP contribution in [0.3, 0.4) is 0 Å². The van der Waals surface area contributed by atoms with Crippen molar-refractivity contribution in [2.45, 2.75) is 0 Å². The van der Waals surface area contributed by atoms with Crippen molar-refractivity contribution in [3.8, 4) is 0 Å². The number of aromatic nitrogens is 1. The highest BCUT2D eigenvalue weighted by Gasteiger charge is 2.01. The van der Waals surface area contributed by atoms with Crippen molar-refractivity contribution in [3.63, 3.8) is 0 Å². The molecule has 0 spiro atoms. The topological polar surface area (TPSA) is 43.1 Å². The third-order valence-corrected chi connectivity index (χ3v) is 2.52. The van der Waals surface area contributed by atoms with E-state index in [1.807, 2.05) is 12.1 Å². The van der Waals surface area contributed by atoms with Gasteiger partial charge in [-0.15, -0.1) is 0 Å². The van der Waals surface area contributed by atoms with E-state index in [1.54, 1.807) is 30.6 Å². The lowest BCUT2D eigenvalue weighted by molar-refractivity contribution is 0.104. The van der Waals surface area contributed by atoms with Crippen molar-refractivity contribution in [2.75, 3.05) is 0 Å². The molecule has 0 saturated carbocycles. The van der Waals surface area contributed by atoms with E-state index in [9.17, 15) is 4.79 Å².